The number of esters is 1. The van der Waals surface area contributed by atoms with Crippen molar-refractivity contribution in [2.24, 2.45) is 5.92 Å². The van der Waals surface area contributed by atoms with Crippen LogP contribution in [0.25, 0.3) is 10.9 Å². The van der Waals surface area contributed by atoms with E-state index in [1.807, 2.05) is 18.2 Å². The number of carbonyl (C=O) groups is 2. The number of thioether (sulfide) groups is 1. The van der Waals surface area contributed by atoms with Crippen molar-refractivity contribution in [1.82, 2.24) is 4.98 Å². The van der Waals surface area contributed by atoms with Gasteiger partial charge in [0.2, 0.25) is 0 Å². The van der Waals surface area contributed by atoms with Crippen molar-refractivity contribution < 1.29 is 27.5 Å². The van der Waals surface area contributed by atoms with Crippen molar-refractivity contribution in [2.75, 3.05) is 17.7 Å². The van der Waals surface area contributed by atoms with E-state index in [2.05, 4.69) is 24.1 Å². The third-order valence-corrected chi connectivity index (χ3v) is 7.01. The van der Waals surface area contributed by atoms with Crippen LogP contribution in [-0.4, -0.2) is 29.2 Å². The Bertz CT molecular complexity index is 1180. The van der Waals surface area contributed by atoms with Gasteiger partial charge in [-0.2, -0.15) is 13.2 Å². The normalized spacial score (nSPS) is 12.5. The van der Waals surface area contributed by atoms with E-state index in [4.69, 9.17) is 4.74 Å². The average Bonchev–Trinajstić information content (AvgIpc) is 3.29. The van der Waals surface area contributed by atoms with Gasteiger partial charge in [-0.15, -0.1) is 11.8 Å². The lowest BCUT2D eigenvalue weighted by molar-refractivity contribution is -0.144. The van der Waals surface area contributed by atoms with Crippen LogP contribution in [0.2, 0.25) is 0 Å². The zero-order valence-electron chi connectivity index (χ0n) is 20.4. The maximum atomic E-state index is 13.0. The first-order valence-electron chi connectivity index (χ1n) is 12.1. The number of hydrogen-bond donors (Lipinski definition) is 2. The maximum Gasteiger partial charge on any atom is 0.416 e. The number of ether oxygens (including phenoxy) is 1. The van der Waals surface area contributed by atoms with Crippen LogP contribution in [0.5, 0.6) is 0 Å². The summed E-state index contributed by atoms with van der Waals surface area (Å²) in [6.45, 7) is 4.68. The van der Waals surface area contributed by atoms with Crippen molar-refractivity contribution >= 4 is 40.2 Å². The number of nitrogens with one attached hydrogen (secondary N) is 2. The number of benzene rings is 2. The first-order valence-corrected chi connectivity index (χ1v) is 13.1. The summed E-state index contributed by atoms with van der Waals surface area (Å²) in [4.78, 5) is 29.0. The number of hydrogen-bond acceptors (Lipinski definition) is 4. The Morgan fingerprint density at radius 2 is 1.92 bits per heavy atom. The van der Waals surface area contributed by atoms with E-state index in [-0.39, 0.29) is 18.1 Å². The fourth-order valence-corrected chi connectivity index (χ4v) is 4.88. The number of H-pyrrole nitrogens is 1. The quantitative estimate of drug-likeness (QED) is 0.190. The minimum absolute atomic E-state index is 0.0568. The van der Waals surface area contributed by atoms with Crippen LogP contribution in [0.3, 0.4) is 0 Å². The summed E-state index contributed by atoms with van der Waals surface area (Å²) < 4.78 is 44.5. The van der Waals surface area contributed by atoms with E-state index in [1.54, 1.807) is 0 Å². The van der Waals surface area contributed by atoms with Crippen LogP contribution in [0.15, 0.2) is 53.6 Å². The molecule has 1 unspecified atom stereocenters. The average molecular weight is 521 g/mol. The number of rotatable bonds is 12. The second kappa shape index (κ2) is 12.9. The Kier molecular flexibility index (Phi) is 9.87. The highest BCUT2D eigenvalue weighted by Gasteiger charge is 2.30. The van der Waals surface area contributed by atoms with Gasteiger partial charge in [0.05, 0.1) is 24.2 Å². The minimum atomic E-state index is -4.50. The van der Waals surface area contributed by atoms with Crippen LogP contribution < -0.4 is 5.32 Å². The summed E-state index contributed by atoms with van der Waals surface area (Å²) in [6, 6.07) is 10.0. The molecule has 1 aromatic heterocycles. The molecule has 0 aliphatic carbocycles. The van der Waals surface area contributed by atoms with E-state index in [1.165, 1.54) is 30.1 Å². The van der Waals surface area contributed by atoms with Gasteiger partial charge in [0.25, 0.3) is 5.91 Å². The number of halogens is 3. The van der Waals surface area contributed by atoms with Crippen molar-refractivity contribution in [3.05, 3.63) is 59.8 Å². The van der Waals surface area contributed by atoms with E-state index >= 15 is 0 Å². The third-order valence-electron chi connectivity index (χ3n) is 5.95. The molecular weight excluding hydrogens is 489 g/mol. The van der Waals surface area contributed by atoms with E-state index in [0.29, 0.717) is 29.2 Å². The van der Waals surface area contributed by atoms with Gasteiger partial charge in [0.1, 0.15) is 0 Å². The Morgan fingerprint density at radius 1 is 1.14 bits per heavy atom. The predicted octanol–water partition coefficient (Wildman–Crippen LogP) is 7.68. The summed E-state index contributed by atoms with van der Waals surface area (Å²) in [5.41, 5.74) is 0.257. The van der Waals surface area contributed by atoms with Gasteiger partial charge in [-0.1, -0.05) is 45.2 Å². The van der Waals surface area contributed by atoms with Crippen molar-refractivity contribution in [3.63, 3.8) is 0 Å². The molecule has 0 spiro atoms. The molecule has 0 saturated carbocycles. The molecule has 194 valence electrons. The Hall–Kier alpha value is -2.94. The van der Waals surface area contributed by atoms with Crippen molar-refractivity contribution in [3.8, 4) is 0 Å². The van der Waals surface area contributed by atoms with Crippen molar-refractivity contribution in [1.29, 1.82) is 0 Å². The largest absolute Gasteiger partial charge is 0.465 e. The van der Waals surface area contributed by atoms with Gasteiger partial charge in [-0.05, 0) is 42.7 Å². The number of amides is 1. The van der Waals surface area contributed by atoms with Gasteiger partial charge < -0.3 is 15.0 Å². The van der Waals surface area contributed by atoms with Crippen LogP contribution in [-0.2, 0) is 15.7 Å². The fourth-order valence-electron chi connectivity index (χ4n) is 3.85. The van der Waals surface area contributed by atoms with Crippen LogP contribution in [0.1, 0.15) is 61.9 Å². The summed E-state index contributed by atoms with van der Waals surface area (Å²) >= 11 is 1.43. The van der Waals surface area contributed by atoms with Gasteiger partial charge in [0.15, 0.2) is 0 Å². The number of alkyl halides is 3. The lowest BCUT2D eigenvalue weighted by atomic mass is 10.0. The van der Waals surface area contributed by atoms with Crippen LogP contribution >= 0.6 is 11.8 Å². The number of unbranched alkanes of at least 4 members (excludes halogenated alkanes) is 1. The number of carbonyl (C=O) groups excluding carboxylic acids is 2. The topological polar surface area (TPSA) is 71.2 Å². The zero-order chi connectivity index (χ0) is 26.1. The number of fused-ring (bicyclic) bond motifs is 1. The predicted molar refractivity (Wildman–Crippen MR) is 137 cm³/mol. The molecule has 0 fully saturated rings. The lowest BCUT2D eigenvalue weighted by Gasteiger charge is -2.14. The summed E-state index contributed by atoms with van der Waals surface area (Å²) in [5, 5.41) is 3.21. The second-order valence-corrected chi connectivity index (χ2v) is 9.75. The smallest absolute Gasteiger partial charge is 0.416 e. The molecule has 1 amide bonds. The van der Waals surface area contributed by atoms with Crippen LogP contribution in [0, 0.1) is 5.92 Å². The Morgan fingerprint density at radius 3 is 2.64 bits per heavy atom. The molecule has 1 heterocycles. The molecule has 0 bridgehead atoms. The van der Waals surface area contributed by atoms with Gasteiger partial charge in [0, 0.05) is 33.4 Å². The molecular formula is C27H31F3N2O3S. The maximum absolute atomic E-state index is 13.0. The molecule has 0 radical (unpaired) electrons. The highest BCUT2D eigenvalue weighted by Crippen LogP contribution is 2.33. The molecule has 3 rings (SSSR count). The molecule has 0 aliphatic heterocycles. The second-order valence-electron chi connectivity index (χ2n) is 8.61. The Labute approximate surface area is 213 Å². The standard InChI is InChI=1S/C27H31F3N2O3S/c1-3-5-8-18(4-2)17-35-24(33)13-14-36-23-12-7-11-22-25(23)21(16-31-22)26(34)32-20-10-6-9-19(15-20)27(28,29)30/h6-7,9-12,15-16,18,31H,3-5,8,13-14,17H2,1-2H3,(H,32,34). The summed E-state index contributed by atoms with van der Waals surface area (Å²) in [6.07, 6.45) is 1.54. The highest BCUT2D eigenvalue weighted by molar-refractivity contribution is 7.99. The van der Waals surface area contributed by atoms with Gasteiger partial charge >= 0.3 is 12.1 Å². The fraction of sp³-hybridized carbons (Fsp3) is 0.407. The van der Waals surface area contributed by atoms with E-state index in [9.17, 15) is 22.8 Å². The molecule has 5 nitrogen and oxygen atoms in total. The SMILES string of the molecule is CCCCC(CC)COC(=O)CCSc1cccc2[nH]cc(C(=O)Nc3cccc(C(F)(F)F)c3)c12. The first-order chi connectivity index (χ1) is 17.2. The lowest BCUT2D eigenvalue weighted by Crippen LogP contribution is -2.14. The first kappa shape index (κ1) is 27.6. The van der Waals surface area contributed by atoms with Crippen molar-refractivity contribution in [2.45, 2.75) is 57.0 Å². The van der Waals surface area contributed by atoms with E-state index < -0.39 is 17.6 Å². The zero-order valence-corrected chi connectivity index (χ0v) is 21.2. The number of aromatic nitrogens is 1. The number of anilines is 1. The molecule has 2 N–H and O–H groups in total. The molecule has 3 aromatic rings. The molecule has 2 aromatic carbocycles. The van der Waals surface area contributed by atoms with Gasteiger partial charge in [-0.25, -0.2) is 0 Å². The van der Waals surface area contributed by atoms with E-state index in [0.717, 1.165) is 48.2 Å². The van der Waals surface area contributed by atoms with Crippen LogP contribution in [0.4, 0.5) is 18.9 Å². The molecule has 1 atom stereocenters. The third kappa shape index (κ3) is 7.53. The number of aromatic amines is 1. The molecule has 0 saturated heterocycles. The summed E-state index contributed by atoms with van der Waals surface area (Å²) in [5.74, 6) is 0.0869. The molecule has 36 heavy (non-hydrogen) atoms. The molecule has 9 heteroatoms. The monoisotopic (exact) mass is 520 g/mol. The highest BCUT2D eigenvalue weighted by atomic mass is 32.2. The Balaban J connectivity index is 1.64. The molecule has 0 aliphatic rings. The summed E-state index contributed by atoms with van der Waals surface area (Å²) in [7, 11) is 0. The minimum Gasteiger partial charge on any atom is -0.465 e. The van der Waals surface area contributed by atoms with Gasteiger partial charge in [-0.3, -0.25) is 9.59 Å².